The molecule has 0 N–H and O–H groups in total. The first kappa shape index (κ1) is 19.9. The zero-order valence-electron chi connectivity index (χ0n) is 15.0. The fourth-order valence-corrected chi connectivity index (χ4v) is 2.30. The summed E-state index contributed by atoms with van der Waals surface area (Å²) in [7, 11) is 0. The van der Waals surface area contributed by atoms with Gasteiger partial charge >= 0.3 is 0 Å². The van der Waals surface area contributed by atoms with Crippen LogP contribution in [0.1, 0.15) is 80.1 Å². The van der Waals surface area contributed by atoms with Crippen LogP contribution in [0.2, 0.25) is 0 Å². The SMILES string of the molecule is CCC(C/C=C(/C)CCC=C(C)CCC=C(C)C)C(C)=O. The fourth-order valence-electron chi connectivity index (χ4n) is 2.30. The fraction of sp³-hybridized carbons (Fsp3) is 0.650. The summed E-state index contributed by atoms with van der Waals surface area (Å²) >= 11 is 0. The van der Waals surface area contributed by atoms with Gasteiger partial charge in [0.1, 0.15) is 5.78 Å². The van der Waals surface area contributed by atoms with Crippen molar-refractivity contribution in [1.82, 2.24) is 0 Å². The second-order valence-electron chi connectivity index (χ2n) is 6.41. The minimum absolute atomic E-state index is 0.210. The monoisotopic (exact) mass is 290 g/mol. The lowest BCUT2D eigenvalue weighted by molar-refractivity contribution is -0.120. The molecular weight excluding hydrogens is 256 g/mol. The van der Waals surface area contributed by atoms with E-state index in [-0.39, 0.29) is 5.92 Å². The Hall–Kier alpha value is -1.11. The van der Waals surface area contributed by atoms with E-state index in [0.717, 1.165) is 38.5 Å². The van der Waals surface area contributed by atoms with E-state index in [0.29, 0.717) is 5.78 Å². The van der Waals surface area contributed by atoms with Gasteiger partial charge in [-0.1, -0.05) is 41.9 Å². The van der Waals surface area contributed by atoms with E-state index in [2.05, 4.69) is 52.8 Å². The van der Waals surface area contributed by atoms with Crippen molar-refractivity contribution in [1.29, 1.82) is 0 Å². The van der Waals surface area contributed by atoms with Crippen molar-refractivity contribution in [2.75, 3.05) is 0 Å². The standard InChI is InChI=1S/C20H34O/c1-7-20(19(6)21)15-14-18(5)13-9-12-17(4)11-8-10-16(2)3/h10,12,14,20H,7-9,11,13,15H2,1-6H3/b17-12?,18-14-. The van der Waals surface area contributed by atoms with Crippen molar-refractivity contribution in [3.8, 4) is 0 Å². The maximum atomic E-state index is 11.4. The van der Waals surface area contributed by atoms with E-state index in [1.807, 2.05) is 0 Å². The van der Waals surface area contributed by atoms with Crippen LogP contribution in [0.4, 0.5) is 0 Å². The lowest BCUT2D eigenvalue weighted by Gasteiger charge is -2.08. The molecule has 1 atom stereocenters. The Labute approximate surface area is 132 Å². The van der Waals surface area contributed by atoms with Gasteiger partial charge in [0.15, 0.2) is 0 Å². The normalized spacial score (nSPS) is 14.0. The van der Waals surface area contributed by atoms with Gasteiger partial charge in [-0.05, 0) is 73.1 Å². The Kier molecular flexibility index (Phi) is 10.9. The van der Waals surface area contributed by atoms with Gasteiger partial charge in [-0.3, -0.25) is 4.79 Å². The number of allylic oxidation sites excluding steroid dienone is 6. The van der Waals surface area contributed by atoms with Crippen LogP contribution in [0.15, 0.2) is 34.9 Å². The van der Waals surface area contributed by atoms with Crippen LogP contribution in [0.25, 0.3) is 0 Å². The van der Waals surface area contributed by atoms with Gasteiger partial charge in [-0.15, -0.1) is 0 Å². The molecule has 120 valence electrons. The number of carbonyl (C=O) groups is 1. The number of hydrogen-bond acceptors (Lipinski definition) is 1. The zero-order chi connectivity index (χ0) is 16.3. The van der Waals surface area contributed by atoms with E-state index in [1.165, 1.54) is 16.7 Å². The van der Waals surface area contributed by atoms with Crippen LogP contribution in [-0.4, -0.2) is 5.78 Å². The highest BCUT2D eigenvalue weighted by molar-refractivity contribution is 5.78. The average Bonchev–Trinajstić information content (AvgIpc) is 2.38. The van der Waals surface area contributed by atoms with Gasteiger partial charge < -0.3 is 0 Å². The van der Waals surface area contributed by atoms with Gasteiger partial charge in [0.2, 0.25) is 0 Å². The van der Waals surface area contributed by atoms with Crippen molar-refractivity contribution in [2.24, 2.45) is 5.92 Å². The molecule has 0 heterocycles. The number of rotatable bonds is 10. The molecule has 0 bridgehead atoms. The zero-order valence-corrected chi connectivity index (χ0v) is 15.0. The van der Waals surface area contributed by atoms with Crippen LogP contribution < -0.4 is 0 Å². The minimum atomic E-state index is 0.210. The Bertz CT molecular complexity index is 392. The summed E-state index contributed by atoms with van der Waals surface area (Å²) in [5.41, 5.74) is 4.29. The summed E-state index contributed by atoms with van der Waals surface area (Å²) in [6.45, 7) is 12.5. The van der Waals surface area contributed by atoms with E-state index in [9.17, 15) is 4.79 Å². The first-order valence-corrected chi connectivity index (χ1v) is 8.31. The molecule has 0 saturated heterocycles. The summed E-state index contributed by atoms with van der Waals surface area (Å²) in [5.74, 6) is 0.526. The highest BCUT2D eigenvalue weighted by Crippen LogP contribution is 2.15. The third-order valence-corrected chi connectivity index (χ3v) is 3.94. The van der Waals surface area contributed by atoms with Gasteiger partial charge in [-0.2, -0.15) is 0 Å². The van der Waals surface area contributed by atoms with E-state index >= 15 is 0 Å². The number of hydrogen-bond donors (Lipinski definition) is 0. The molecule has 0 aliphatic rings. The molecule has 0 aromatic rings. The van der Waals surface area contributed by atoms with Crippen LogP contribution in [0.5, 0.6) is 0 Å². The van der Waals surface area contributed by atoms with Crippen molar-refractivity contribution in [3.63, 3.8) is 0 Å². The Morgan fingerprint density at radius 2 is 1.38 bits per heavy atom. The first-order valence-electron chi connectivity index (χ1n) is 8.31. The molecule has 0 radical (unpaired) electrons. The lowest BCUT2D eigenvalue weighted by atomic mass is 9.96. The highest BCUT2D eigenvalue weighted by Gasteiger charge is 2.09. The minimum Gasteiger partial charge on any atom is -0.300 e. The molecule has 21 heavy (non-hydrogen) atoms. The second kappa shape index (κ2) is 11.5. The smallest absolute Gasteiger partial charge is 0.133 e. The number of Topliss-reactive ketones (excluding diaryl/α,β-unsaturated/α-hetero) is 1. The van der Waals surface area contributed by atoms with Gasteiger partial charge in [0, 0.05) is 5.92 Å². The maximum Gasteiger partial charge on any atom is 0.133 e. The topological polar surface area (TPSA) is 17.1 Å². The second-order valence-corrected chi connectivity index (χ2v) is 6.41. The Balaban J connectivity index is 4.09. The average molecular weight is 290 g/mol. The van der Waals surface area contributed by atoms with Crippen molar-refractivity contribution < 1.29 is 4.79 Å². The van der Waals surface area contributed by atoms with Crippen molar-refractivity contribution in [3.05, 3.63) is 34.9 Å². The first-order chi connectivity index (χ1) is 9.86. The van der Waals surface area contributed by atoms with E-state index < -0.39 is 0 Å². The quantitative estimate of drug-likeness (QED) is 0.425. The molecule has 0 aromatic heterocycles. The third kappa shape index (κ3) is 11.2. The molecule has 0 fully saturated rings. The molecule has 0 aliphatic carbocycles. The van der Waals surface area contributed by atoms with Gasteiger partial charge in [0.05, 0.1) is 0 Å². The lowest BCUT2D eigenvalue weighted by Crippen LogP contribution is -2.08. The molecule has 1 nitrogen and oxygen atoms in total. The Morgan fingerprint density at radius 3 is 1.86 bits per heavy atom. The molecule has 1 unspecified atom stereocenters. The third-order valence-electron chi connectivity index (χ3n) is 3.94. The molecule has 1 heteroatoms. The van der Waals surface area contributed by atoms with Crippen LogP contribution in [0.3, 0.4) is 0 Å². The van der Waals surface area contributed by atoms with Gasteiger partial charge in [-0.25, -0.2) is 0 Å². The predicted molar refractivity (Wildman–Crippen MR) is 94.5 cm³/mol. The molecular formula is C20H34O. The van der Waals surface area contributed by atoms with Crippen LogP contribution >= 0.6 is 0 Å². The summed E-state index contributed by atoms with van der Waals surface area (Å²) in [5, 5.41) is 0. The maximum absolute atomic E-state index is 11.4. The highest BCUT2D eigenvalue weighted by atomic mass is 16.1. The Morgan fingerprint density at radius 1 is 0.857 bits per heavy atom. The van der Waals surface area contributed by atoms with Crippen LogP contribution in [0, 0.1) is 5.92 Å². The summed E-state index contributed by atoms with van der Waals surface area (Å²) in [6.07, 6.45) is 13.3. The number of ketones is 1. The molecule has 0 spiro atoms. The predicted octanol–water partition coefficient (Wildman–Crippen LogP) is 6.41. The largest absolute Gasteiger partial charge is 0.300 e. The molecule has 0 rings (SSSR count). The summed E-state index contributed by atoms with van der Waals surface area (Å²) in [6, 6.07) is 0. The van der Waals surface area contributed by atoms with Crippen molar-refractivity contribution >= 4 is 5.78 Å². The number of carbonyl (C=O) groups excluding carboxylic acids is 1. The van der Waals surface area contributed by atoms with E-state index in [1.54, 1.807) is 6.92 Å². The molecule has 0 aromatic carbocycles. The van der Waals surface area contributed by atoms with Gasteiger partial charge in [0.25, 0.3) is 0 Å². The van der Waals surface area contributed by atoms with Crippen LogP contribution in [-0.2, 0) is 4.79 Å². The van der Waals surface area contributed by atoms with Crippen molar-refractivity contribution in [2.45, 2.75) is 80.1 Å². The summed E-state index contributed by atoms with van der Waals surface area (Å²) < 4.78 is 0. The summed E-state index contributed by atoms with van der Waals surface area (Å²) in [4.78, 5) is 11.4. The molecule has 0 saturated carbocycles. The molecule has 0 amide bonds. The van der Waals surface area contributed by atoms with E-state index in [4.69, 9.17) is 0 Å². The molecule has 0 aliphatic heterocycles.